The number of anilines is 1. The van der Waals surface area contributed by atoms with Crippen LogP contribution in [0.15, 0.2) is 22.7 Å². The highest BCUT2D eigenvalue weighted by atomic mass is 16.5. The summed E-state index contributed by atoms with van der Waals surface area (Å²) in [4.78, 5) is 4.41. The molecule has 1 aliphatic rings. The molecule has 0 aliphatic carbocycles. The van der Waals surface area contributed by atoms with E-state index in [4.69, 9.17) is 4.52 Å². The van der Waals surface area contributed by atoms with Crippen molar-refractivity contribution in [1.82, 2.24) is 10.1 Å². The van der Waals surface area contributed by atoms with Gasteiger partial charge in [0.1, 0.15) is 0 Å². The predicted molar refractivity (Wildman–Crippen MR) is 66.0 cm³/mol. The third-order valence-electron chi connectivity index (χ3n) is 3.02. The van der Waals surface area contributed by atoms with Crippen molar-refractivity contribution in [1.29, 1.82) is 0 Å². The summed E-state index contributed by atoms with van der Waals surface area (Å²) in [6, 6.07) is 6.23. The summed E-state index contributed by atoms with van der Waals surface area (Å²) < 4.78 is 5.29. The second-order valence-corrected chi connectivity index (χ2v) is 4.66. The lowest BCUT2D eigenvalue weighted by Gasteiger charge is -2.00. The van der Waals surface area contributed by atoms with E-state index in [2.05, 4.69) is 41.4 Å². The molecule has 0 bridgehead atoms. The van der Waals surface area contributed by atoms with Gasteiger partial charge in [0.05, 0.1) is 0 Å². The Balaban J connectivity index is 1.97. The maximum atomic E-state index is 5.29. The molecule has 0 saturated heterocycles. The fraction of sp³-hybridized carbons (Fsp3) is 0.385. The number of rotatable bonds is 2. The van der Waals surface area contributed by atoms with Crippen molar-refractivity contribution in [3.8, 4) is 11.5 Å². The zero-order chi connectivity index (χ0) is 11.8. The van der Waals surface area contributed by atoms with Crippen molar-refractivity contribution in [3.05, 3.63) is 29.6 Å². The topological polar surface area (TPSA) is 51.0 Å². The zero-order valence-electron chi connectivity index (χ0n) is 10.0. The molecule has 0 saturated carbocycles. The van der Waals surface area contributed by atoms with Crippen LogP contribution in [-0.2, 0) is 6.42 Å². The maximum absolute atomic E-state index is 5.29. The molecule has 4 nitrogen and oxygen atoms in total. The Morgan fingerprint density at radius 1 is 1.35 bits per heavy atom. The second-order valence-electron chi connectivity index (χ2n) is 4.66. The molecule has 0 unspecified atom stereocenters. The van der Waals surface area contributed by atoms with Crippen LogP contribution in [0.25, 0.3) is 11.5 Å². The van der Waals surface area contributed by atoms with Crippen molar-refractivity contribution < 1.29 is 4.52 Å². The van der Waals surface area contributed by atoms with E-state index in [0.717, 1.165) is 24.4 Å². The Hall–Kier alpha value is -1.84. The number of hydrogen-bond donors (Lipinski definition) is 1. The molecule has 88 valence electrons. The van der Waals surface area contributed by atoms with Crippen LogP contribution >= 0.6 is 0 Å². The van der Waals surface area contributed by atoms with Crippen molar-refractivity contribution in [3.63, 3.8) is 0 Å². The van der Waals surface area contributed by atoms with E-state index in [-0.39, 0.29) is 0 Å². The summed E-state index contributed by atoms with van der Waals surface area (Å²) in [5.74, 6) is 1.67. The number of benzene rings is 1. The van der Waals surface area contributed by atoms with Crippen LogP contribution in [0.2, 0.25) is 0 Å². The van der Waals surface area contributed by atoms with Crippen LogP contribution in [0.3, 0.4) is 0 Å². The average Bonchev–Trinajstić information content (AvgIpc) is 2.97. The molecule has 1 aliphatic heterocycles. The quantitative estimate of drug-likeness (QED) is 0.860. The summed E-state index contributed by atoms with van der Waals surface area (Å²) >= 11 is 0. The van der Waals surface area contributed by atoms with Crippen LogP contribution in [0, 0.1) is 0 Å². The SMILES string of the molecule is CC(C)c1noc(-c2ccc3c(c2)CCN3)n1. The molecular weight excluding hydrogens is 214 g/mol. The number of fused-ring (bicyclic) bond motifs is 1. The Kier molecular flexibility index (Phi) is 2.35. The summed E-state index contributed by atoms with van der Waals surface area (Å²) in [6.07, 6.45) is 1.06. The predicted octanol–water partition coefficient (Wildman–Crippen LogP) is 2.83. The van der Waals surface area contributed by atoms with E-state index in [1.165, 1.54) is 11.3 Å². The van der Waals surface area contributed by atoms with Gasteiger partial charge in [0, 0.05) is 23.7 Å². The minimum Gasteiger partial charge on any atom is -0.384 e. The molecule has 0 spiro atoms. The van der Waals surface area contributed by atoms with Gasteiger partial charge in [0.2, 0.25) is 0 Å². The minimum atomic E-state index is 0.295. The molecule has 0 amide bonds. The molecule has 0 fully saturated rings. The highest BCUT2D eigenvalue weighted by Gasteiger charge is 2.15. The number of nitrogens with zero attached hydrogens (tertiary/aromatic N) is 2. The summed E-state index contributed by atoms with van der Waals surface area (Å²) in [5.41, 5.74) is 3.55. The molecule has 2 aromatic rings. The molecule has 1 aromatic carbocycles. The standard InChI is InChI=1S/C13H15N3O/c1-8(2)12-15-13(17-16-12)10-3-4-11-9(7-10)5-6-14-11/h3-4,7-8,14H,5-6H2,1-2H3. The fourth-order valence-corrected chi connectivity index (χ4v) is 2.02. The first-order chi connectivity index (χ1) is 8.24. The maximum Gasteiger partial charge on any atom is 0.257 e. The average molecular weight is 229 g/mol. The van der Waals surface area contributed by atoms with Crippen LogP contribution in [0.1, 0.15) is 31.2 Å². The summed E-state index contributed by atoms with van der Waals surface area (Å²) in [6.45, 7) is 5.13. The first-order valence-corrected chi connectivity index (χ1v) is 5.95. The normalized spacial score (nSPS) is 13.8. The van der Waals surface area contributed by atoms with Crippen molar-refractivity contribution in [2.45, 2.75) is 26.2 Å². The number of aromatic nitrogens is 2. The van der Waals surface area contributed by atoms with E-state index >= 15 is 0 Å². The molecular formula is C13H15N3O. The zero-order valence-corrected chi connectivity index (χ0v) is 10.0. The lowest BCUT2D eigenvalue weighted by atomic mass is 10.1. The molecule has 3 rings (SSSR count). The Morgan fingerprint density at radius 3 is 3.00 bits per heavy atom. The van der Waals surface area contributed by atoms with Crippen LogP contribution in [0.4, 0.5) is 5.69 Å². The van der Waals surface area contributed by atoms with E-state index in [1.807, 2.05) is 6.07 Å². The van der Waals surface area contributed by atoms with Gasteiger partial charge in [0.15, 0.2) is 5.82 Å². The van der Waals surface area contributed by atoms with E-state index in [1.54, 1.807) is 0 Å². The van der Waals surface area contributed by atoms with Gasteiger partial charge in [-0.1, -0.05) is 19.0 Å². The monoisotopic (exact) mass is 229 g/mol. The lowest BCUT2D eigenvalue weighted by Crippen LogP contribution is -1.90. The fourth-order valence-electron chi connectivity index (χ4n) is 2.02. The Morgan fingerprint density at radius 2 is 2.24 bits per heavy atom. The summed E-state index contributed by atoms with van der Waals surface area (Å²) in [5, 5.41) is 7.32. The van der Waals surface area contributed by atoms with Gasteiger partial charge in [-0.05, 0) is 30.2 Å². The third-order valence-corrected chi connectivity index (χ3v) is 3.02. The molecule has 4 heteroatoms. The van der Waals surface area contributed by atoms with E-state index in [0.29, 0.717) is 11.8 Å². The van der Waals surface area contributed by atoms with E-state index < -0.39 is 0 Å². The highest BCUT2D eigenvalue weighted by Crippen LogP contribution is 2.28. The van der Waals surface area contributed by atoms with Crippen LogP contribution in [0.5, 0.6) is 0 Å². The first-order valence-electron chi connectivity index (χ1n) is 5.95. The van der Waals surface area contributed by atoms with Gasteiger partial charge in [0.25, 0.3) is 5.89 Å². The van der Waals surface area contributed by atoms with Crippen molar-refractivity contribution in [2.24, 2.45) is 0 Å². The van der Waals surface area contributed by atoms with Gasteiger partial charge in [-0.25, -0.2) is 0 Å². The van der Waals surface area contributed by atoms with Gasteiger partial charge in [-0.3, -0.25) is 0 Å². The minimum absolute atomic E-state index is 0.295. The van der Waals surface area contributed by atoms with Crippen molar-refractivity contribution >= 4 is 5.69 Å². The smallest absolute Gasteiger partial charge is 0.257 e. The summed E-state index contributed by atoms with van der Waals surface area (Å²) in [7, 11) is 0. The van der Waals surface area contributed by atoms with Crippen LogP contribution in [-0.4, -0.2) is 16.7 Å². The number of hydrogen-bond acceptors (Lipinski definition) is 4. The van der Waals surface area contributed by atoms with Gasteiger partial charge in [-0.15, -0.1) is 0 Å². The van der Waals surface area contributed by atoms with Gasteiger partial charge in [-0.2, -0.15) is 4.98 Å². The highest BCUT2D eigenvalue weighted by molar-refractivity contribution is 5.64. The van der Waals surface area contributed by atoms with Gasteiger partial charge < -0.3 is 9.84 Å². The molecule has 1 N–H and O–H groups in total. The molecule has 0 radical (unpaired) electrons. The third kappa shape index (κ3) is 1.79. The Bertz CT molecular complexity index is 545. The molecule has 0 atom stereocenters. The largest absolute Gasteiger partial charge is 0.384 e. The lowest BCUT2D eigenvalue weighted by molar-refractivity contribution is 0.419. The van der Waals surface area contributed by atoms with Crippen molar-refractivity contribution in [2.75, 3.05) is 11.9 Å². The molecule has 17 heavy (non-hydrogen) atoms. The second kappa shape index (κ2) is 3.87. The Labute approximate surface area is 100 Å². The first kappa shape index (κ1) is 10.3. The van der Waals surface area contributed by atoms with Gasteiger partial charge >= 0.3 is 0 Å². The molecule has 1 aromatic heterocycles. The van der Waals surface area contributed by atoms with E-state index in [9.17, 15) is 0 Å². The van der Waals surface area contributed by atoms with Crippen LogP contribution < -0.4 is 5.32 Å². The number of nitrogens with one attached hydrogen (secondary N) is 1. The molecule has 2 heterocycles.